The molecular formula is C10H9F3O. The van der Waals surface area contributed by atoms with Gasteiger partial charge in [0.2, 0.25) is 0 Å². The Morgan fingerprint density at radius 1 is 1.14 bits per heavy atom. The van der Waals surface area contributed by atoms with Gasteiger partial charge >= 0.3 is 6.18 Å². The summed E-state index contributed by atoms with van der Waals surface area (Å²) in [6.45, 7) is 0.700. The molecule has 1 aromatic rings. The smallest absolute Gasteiger partial charge is 0.373 e. The summed E-state index contributed by atoms with van der Waals surface area (Å²) >= 11 is 0. The molecule has 1 saturated heterocycles. The Labute approximate surface area is 79.5 Å². The Morgan fingerprint density at radius 2 is 1.71 bits per heavy atom. The Kier molecular flexibility index (Phi) is 2.23. The summed E-state index contributed by atoms with van der Waals surface area (Å²) in [5.41, 5.74) is 0.213. The Bertz CT molecular complexity index is 311. The molecule has 14 heavy (non-hydrogen) atoms. The quantitative estimate of drug-likeness (QED) is 0.679. The van der Waals surface area contributed by atoms with E-state index in [1.54, 1.807) is 0 Å². The van der Waals surface area contributed by atoms with Gasteiger partial charge in [0.1, 0.15) is 0 Å². The molecule has 0 amide bonds. The first kappa shape index (κ1) is 9.52. The van der Waals surface area contributed by atoms with Crippen LogP contribution in [0.4, 0.5) is 13.2 Å². The van der Waals surface area contributed by atoms with Crippen LogP contribution in [0.25, 0.3) is 0 Å². The normalized spacial score (nSPS) is 21.8. The van der Waals surface area contributed by atoms with Crippen LogP contribution < -0.4 is 0 Å². The molecule has 0 radical (unpaired) electrons. The third-order valence-corrected chi connectivity index (χ3v) is 2.31. The molecule has 1 nitrogen and oxygen atoms in total. The van der Waals surface area contributed by atoms with Gasteiger partial charge in [0.25, 0.3) is 0 Å². The number of benzene rings is 1. The zero-order chi connectivity index (χ0) is 10.2. The van der Waals surface area contributed by atoms with Crippen molar-refractivity contribution in [2.45, 2.75) is 18.7 Å². The molecule has 76 valence electrons. The van der Waals surface area contributed by atoms with Gasteiger partial charge in [-0.25, -0.2) is 0 Å². The van der Waals surface area contributed by atoms with E-state index in [1.165, 1.54) is 12.1 Å². The van der Waals surface area contributed by atoms with Crippen LogP contribution in [-0.4, -0.2) is 6.61 Å². The van der Waals surface area contributed by atoms with Gasteiger partial charge in [0, 0.05) is 6.42 Å². The van der Waals surface area contributed by atoms with Crippen molar-refractivity contribution in [3.05, 3.63) is 35.4 Å². The van der Waals surface area contributed by atoms with Crippen LogP contribution in [0.2, 0.25) is 0 Å². The summed E-state index contributed by atoms with van der Waals surface area (Å²) < 4.78 is 41.7. The van der Waals surface area contributed by atoms with Crippen molar-refractivity contribution in [2.24, 2.45) is 0 Å². The summed E-state index contributed by atoms with van der Waals surface area (Å²) in [5.74, 6) is 0. The minimum absolute atomic E-state index is 0.00252. The van der Waals surface area contributed by atoms with Crippen molar-refractivity contribution in [1.29, 1.82) is 0 Å². The van der Waals surface area contributed by atoms with E-state index in [2.05, 4.69) is 0 Å². The molecule has 1 aliphatic heterocycles. The summed E-state index contributed by atoms with van der Waals surface area (Å²) in [7, 11) is 0. The number of ether oxygens (including phenoxy) is 1. The van der Waals surface area contributed by atoms with E-state index in [1.807, 2.05) is 0 Å². The molecule has 1 fully saturated rings. The maximum Gasteiger partial charge on any atom is 0.416 e. The van der Waals surface area contributed by atoms with Crippen molar-refractivity contribution in [3.8, 4) is 0 Å². The van der Waals surface area contributed by atoms with Gasteiger partial charge in [-0.1, -0.05) is 12.1 Å². The topological polar surface area (TPSA) is 9.23 Å². The third kappa shape index (κ3) is 1.75. The standard InChI is InChI=1S/C10H9F3O/c11-10(12,13)8-3-1-7(2-4-8)9-5-6-14-9/h1-4,9H,5-6H2. The Hall–Kier alpha value is -1.03. The molecule has 0 saturated carbocycles. The summed E-state index contributed by atoms with van der Waals surface area (Å²) in [6.07, 6.45) is -3.36. The molecule has 0 N–H and O–H groups in total. The van der Waals surface area contributed by atoms with Crippen LogP contribution in [0.1, 0.15) is 23.7 Å². The zero-order valence-electron chi connectivity index (χ0n) is 7.34. The highest BCUT2D eigenvalue weighted by Crippen LogP contribution is 2.33. The number of rotatable bonds is 1. The van der Waals surface area contributed by atoms with Crippen LogP contribution >= 0.6 is 0 Å². The van der Waals surface area contributed by atoms with E-state index in [4.69, 9.17) is 4.74 Å². The fourth-order valence-electron chi connectivity index (χ4n) is 1.39. The van der Waals surface area contributed by atoms with Gasteiger partial charge in [-0.15, -0.1) is 0 Å². The molecule has 0 aromatic heterocycles. The summed E-state index contributed by atoms with van der Waals surface area (Å²) in [6, 6.07) is 5.15. The van der Waals surface area contributed by atoms with Crippen molar-refractivity contribution < 1.29 is 17.9 Å². The van der Waals surface area contributed by atoms with Crippen LogP contribution in [0, 0.1) is 0 Å². The van der Waals surface area contributed by atoms with E-state index < -0.39 is 11.7 Å². The largest absolute Gasteiger partial charge is 0.416 e. The lowest BCUT2D eigenvalue weighted by atomic mass is 10.0. The van der Waals surface area contributed by atoms with E-state index in [0.29, 0.717) is 6.61 Å². The predicted molar refractivity (Wildman–Crippen MR) is 44.8 cm³/mol. The molecule has 4 heteroatoms. The fourth-order valence-corrected chi connectivity index (χ4v) is 1.39. The van der Waals surface area contributed by atoms with Crippen molar-refractivity contribution in [2.75, 3.05) is 6.61 Å². The average molecular weight is 202 g/mol. The maximum atomic E-state index is 12.2. The predicted octanol–water partition coefficient (Wildman–Crippen LogP) is 3.17. The summed E-state index contributed by atoms with van der Waals surface area (Å²) in [4.78, 5) is 0. The fraction of sp³-hybridized carbons (Fsp3) is 0.400. The van der Waals surface area contributed by atoms with E-state index in [-0.39, 0.29) is 6.10 Å². The molecule has 1 aliphatic rings. The molecular weight excluding hydrogens is 193 g/mol. The first-order valence-corrected chi connectivity index (χ1v) is 4.36. The molecule has 0 bridgehead atoms. The van der Waals surface area contributed by atoms with Crippen molar-refractivity contribution >= 4 is 0 Å². The molecule has 1 unspecified atom stereocenters. The lowest BCUT2D eigenvalue weighted by molar-refractivity contribution is -0.137. The average Bonchev–Trinajstić information content (AvgIpc) is 2.00. The van der Waals surface area contributed by atoms with Crippen LogP contribution in [0.5, 0.6) is 0 Å². The summed E-state index contributed by atoms with van der Waals surface area (Å²) in [5, 5.41) is 0. The van der Waals surface area contributed by atoms with E-state index >= 15 is 0 Å². The molecule has 0 aliphatic carbocycles. The first-order valence-electron chi connectivity index (χ1n) is 4.36. The second kappa shape index (κ2) is 3.28. The maximum absolute atomic E-state index is 12.2. The second-order valence-electron chi connectivity index (χ2n) is 3.27. The van der Waals surface area contributed by atoms with Gasteiger partial charge in [-0.05, 0) is 17.7 Å². The highest BCUT2D eigenvalue weighted by atomic mass is 19.4. The molecule has 2 rings (SSSR count). The second-order valence-corrected chi connectivity index (χ2v) is 3.27. The van der Waals surface area contributed by atoms with Crippen LogP contribution in [0.15, 0.2) is 24.3 Å². The van der Waals surface area contributed by atoms with Gasteiger partial charge in [0.05, 0.1) is 18.3 Å². The van der Waals surface area contributed by atoms with Gasteiger partial charge in [0.15, 0.2) is 0 Å². The van der Waals surface area contributed by atoms with Crippen molar-refractivity contribution in [3.63, 3.8) is 0 Å². The first-order chi connectivity index (χ1) is 6.57. The molecule has 1 atom stereocenters. The van der Waals surface area contributed by atoms with Crippen molar-refractivity contribution in [1.82, 2.24) is 0 Å². The van der Waals surface area contributed by atoms with Crippen LogP contribution in [-0.2, 0) is 10.9 Å². The zero-order valence-corrected chi connectivity index (χ0v) is 7.34. The number of hydrogen-bond donors (Lipinski definition) is 0. The van der Waals surface area contributed by atoms with E-state index in [9.17, 15) is 13.2 Å². The van der Waals surface area contributed by atoms with Crippen LogP contribution in [0.3, 0.4) is 0 Å². The Balaban J connectivity index is 2.17. The highest BCUT2D eigenvalue weighted by molar-refractivity contribution is 5.26. The van der Waals surface area contributed by atoms with Gasteiger partial charge in [-0.2, -0.15) is 13.2 Å². The molecule has 1 aromatic carbocycles. The lowest BCUT2D eigenvalue weighted by Crippen LogP contribution is -2.18. The Morgan fingerprint density at radius 3 is 2.07 bits per heavy atom. The minimum Gasteiger partial charge on any atom is -0.373 e. The molecule has 0 spiro atoms. The highest BCUT2D eigenvalue weighted by Gasteiger charge is 2.30. The molecule has 1 heterocycles. The number of hydrogen-bond acceptors (Lipinski definition) is 1. The monoisotopic (exact) mass is 202 g/mol. The SMILES string of the molecule is FC(F)(F)c1ccc(C2CCO2)cc1. The minimum atomic E-state index is -4.25. The van der Waals surface area contributed by atoms with Gasteiger partial charge < -0.3 is 4.74 Å². The van der Waals surface area contributed by atoms with Gasteiger partial charge in [-0.3, -0.25) is 0 Å². The van der Waals surface area contributed by atoms with E-state index in [0.717, 1.165) is 24.1 Å². The number of alkyl halides is 3. The lowest BCUT2D eigenvalue weighted by Gasteiger charge is -2.26. The third-order valence-electron chi connectivity index (χ3n) is 2.31. The number of halogens is 3.